The Kier molecular flexibility index (Phi) is 5.17. The van der Waals surface area contributed by atoms with Gasteiger partial charge in [-0.2, -0.15) is 0 Å². The van der Waals surface area contributed by atoms with Crippen molar-refractivity contribution in [2.45, 2.75) is 39.7 Å². The molecule has 100 valence electrons. The Morgan fingerprint density at radius 1 is 1.39 bits per heavy atom. The summed E-state index contributed by atoms with van der Waals surface area (Å²) in [4.78, 5) is 11.8. The molecule has 0 aromatic heterocycles. The number of hydrogen-bond donors (Lipinski definition) is 2. The van der Waals surface area contributed by atoms with E-state index in [1.807, 2.05) is 19.1 Å². The third kappa shape index (κ3) is 4.67. The van der Waals surface area contributed by atoms with Crippen molar-refractivity contribution < 1.29 is 4.79 Å². The Morgan fingerprint density at radius 2 is 2.06 bits per heavy atom. The van der Waals surface area contributed by atoms with Gasteiger partial charge in [0.15, 0.2) is 0 Å². The van der Waals surface area contributed by atoms with E-state index in [4.69, 9.17) is 11.6 Å². The zero-order chi connectivity index (χ0) is 13.8. The molecule has 0 unspecified atom stereocenters. The van der Waals surface area contributed by atoms with Gasteiger partial charge in [0.05, 0.1) is 6.54 Å². The number of hydrogen-bond acceptors (Lipinski definition) is 2. The third-order valence-corrected chi connectivity index (χ3v) is 3.47. The van der Waals surface area contributed by atoms with Crippen LogP contribution in [0, 0.1) is 6.92 Å². The number of nitrogens with one attached hydrogen (secondary N) is 2. The number of anilines is 1. The molecule has 0 aliphatic heterocycles. The quantitative estimate of drug-likeness (QED) is 0.860. The first kappa shape index (κ1) is 15.0. The van der Waals surface area contributed by atoms with Crippen LogP contribution in [0.5, 0.6) is 0 Å². The van der Waals surface area contributed by atoms with Crippen LogP contribution in [0.15, 0.2) is 18.2 Å². The highest BCUT2D eigenvalue weighted by Gasteiger charge is 2.15. The molecular formula is C14H21ClN2O. The predicted octanol–water partition coefficient (Wildman–Crippen LogP) is 3.37. The molecule has 1 aromatic rings. The second-order valence-electron chi connectivity index (χ2n) is 5.10. The predicted molar refractivity (Wildman–Crippen MR) is 77.2 cm³/mol. The topological polar surface area (TPSA) is 41.1 Å². The fourth-order valence-corrected chi connectivity index (χ4v) is 1.50. The standard InChI is InChI=1S/C14H21ClN2O/c1-5-14(3,4)16-9-13(18)17-11-7-6-10(2)12(15)8-11/h6-8,16H,5,9H2,1-4H3,(H,17,18). The maximum absolute atomic E-state index is 11.8. The smallest absolute Gasteiger partial charge is 0.238 e. The third-order valence-electron chi connectivity index (χ3n) is 3.07. The van der Waals surface area contributed by atoms with Gasteiger partial charge in [0.2, 0.25) is 5.91 Å². The van der Waals surface area contributed by atoms with Crippen molar-refractivity contribution in [2.24, 2.45) is 0 Å². The summed E-state index contributed by atoms with van der Waals surface area (Å²) >= 11 is 6.00. The molecule has 1 aromatic carbocycles. The lowest BCUT2D eigenvalue weighted by Gasteiger charge is -2.24. The number of amides is 1. The highest BCUT2D eigenvalue weighted by Crippen LogP contribution is 2.19. The maximum Gasteiger partial charge on any atom is 0.238 e. The molecule has 0 saturated heterocycles. The van der Waals surface area contributed by atoms with Crippen LogP contribution in [0.2, 0.25) is 5.02 Å². The van der Waals surface area contributed by atoms with E-state index in [1.54, 1.807) is 6.07 Å². The van der Waals surface area contributed by atoms with E-state index in [1.165, 1.54) is 0 Å². The zero-order valence-corrected chi connectivity index (χ0v) is 12.2. The largest absolute Gasteiger partial charge is 0.325 e. The number of rotatable bonds is 5. The molecule has 1 rings (SSSR count). The molecule has 0 aliphatic carbocycles. The first-order valence-electron chi connectivity index (χ1n) is 6.15. The van der Waals surface area contributed by atoms with E-state index >= 15 is 0 Å². The monoisotopic (exact) mass is 268 g/mol. The lowest BCUT2D eigenvalue weighted by molar-refractivity contribution is -0.115. The van der Waals surface area contributed by atoms with Crippen LogP contribution in [0.3, 0.4) is 0 Å². The second-order valence-corrected chi connectivity index (χ2v) is 5.51. The fourth-order valence-electron chi connectivity index (χ4n) is 1.32. The van der Waals surface area contributed by atoms with Gasteiger partial charge in [-0.25, -0.2) is 0 Å². The van der Waals surface area contributed by atoms with Crippen molar-refractivity contribution in [2.75, 3.05) is 11.9 Å². The van der Waals surface area contributed by atoms with Crippen molar-refractivity contribution in [1.29, 1.82) is 0 Å². The molecule has 4 heteroatoms. The normalized spacial score (nSPS) is 11.4. The minimum absolute atomic E-state index is 0.0255. The van der Waals surface area contributed by atoms with E-state index in [9.17, 15) is 4.79 Å². The summed E-state index contributed by atoms with van der Waals surface area (Å²) in [6.45, 7) is 8.46. The number of halogens is 1. The molecule has 0 saturated carbocycles. The molecule has 1 amide bonds. The van der Waals surface area contributed by atoms with Gasteiger partial charge in [0, 0.05) is 16.2 Å². The number of carbonyl (C=O) groups is 1. The molecule has 3 nitrogen and oxygen atoms in total. The van der Waals surface area contributed by atoms with Crippen LogP contribution in [0.25, 0.3) is 0 Å². The van der Waals surface area contributed by atoms with Gasteiger partial charge in [-0.05, 0) is 44.9 Å². The van der Waals surface area contributed by atoms with Gasteiger partial charge >= 0.3 is 0 Å². The molecule has 0 aliphatic rings. The van der Waals surface area contributed by atoms with E-state index in [2.05, 4.69) is 31.4 Å². The van der Waals surface area contributed by atoms with Crippen LogP contribution in [-0.2, 0) is 4.79 Å². The fraction of sp³-hybridized carbons (Fsp3) is 0.500. The van der Waals surface area contributed by atoms with E-state index in [-0.39, 0.29) is 11.4 Å². The summed E-state index contributed by atoms with van der Waals surface area (Å²) in [5.74, 6) is -0.0588. The summed E-state index contributed by atoms with van der Waals surface area (Å²) in [5.41, 5.74) is 1.70. The number of benzene rings is 1. The van der Waals surface area contributed by atoms with Crippen LogP contribution in [0.1, 0.15) is 32.8 Å². The Balaban J connectivity index is 2.52. The van der Waals surface area contributed by atoms with Crippen molar-refractivity contribution >= 4 is 23.2 Å². The van der Waals surface area contributed by atoms with E-state index in [0.717, 1.165) is 17.7 Å². The van der Waals surface area contributed by atoms with Crippen LogP contribution in [-0.4, -0.2) is 18.0 Å². The summed E-state index contributed by atoms with van der Waals surface area (Å²) in [6, 6.07) is 5.51. The Bertz CT molecular complexity index is 430. The molecular weight excluding hydrogens is 248 g/mol. The van der Waals surface area contributed by atoms with Crippen LogP contribution in [0.4, 0.5) is 5.69 Å². The summed E-state index contributed by atoms with van der Waals surface area (Å²) in [6.07, 6.45) is 0.969. The van der Waals surface area contributed by atoms with E-state index in [0.29, 0.717) is 11.6 Å². The van der Waals surface area contributed by atoms with Crippen molar-refractivity contribution in [3.8, 4) is 0 Å². The maximum atomic E-state index is 11.8. The minimum atomic E-state index is -0.0588. The van der Waals surface area contributed by atoms with Gasteiger partial charge in [-0.15, -0.1) is 0 Å². The Hall–Kier alpha value is -1.06. The lowest BCUT2D eigenvalue weighted by Crippen LogP contribution is -2.43. The minimum Gasteiger partial charge on any atom is -0.325 e. The van der Waals surface area contributed by atoms with Gasteiger partial charge < -0.3 is 10.6 Å². The van der Waals surface area contributed by atoms with Gasteiger partial charge in [-0.3, -0.25) is 4.79 Å². The molecule has 0 heterocycles. The SMILES string of the molecule is CCC(C)(C)NCC(=O)Nc1ccc(C)c(Cl)c1. The summed E-state index contributed by atoms with van der Waals surface area (Å²) < 4.78 is 0. The molecule has 18 heavy (non-hydrogen) atoms. The van der Waals surface area contributed by atoms with Crippen LogP contribution < -0.4 is 10.6 Å². The number of aryl methyl sites for hydroxylation is 1. The number of carbonyl (C=O) groups excluding carboxylic acids is 1. The molecule has 0 fully saturated rings. The van der Waals surface area contributed by atoms with Crippen molar-refractivity contribution in [1.82, 2.24) is 5.32 Å². The van der Waals surface area contributed by atoms with Gasteiger partial charge in [0.25, 0.3) is 0 Å². The highest BCUT2D eigenvalue weighted by molar-refractivity contribution is 6.31. The van der Waals surface area contributed by atoms with E-state index < -0.39 is 0 Å². The van der Waals surface area contributed by atoms with Crippen molar-refractivity contribution in [3.63, 3.8) is 0 Å². The summed E-state index contributed by atoms with van der Waals surface area (Å²) in [7, 11) is 0. The molecule has 0 bridgehead atoms. The van der Waals surface area contributed by atoms with Gasteiger partial charge in [0.1, 0.15) is 0 Å². The average molecular weight is 269 g/mol. The average Bonchev–Trinajstić information content (AvgIpc) is 2.32. The zero-order valence-electron chi connectivity index (χ0n) is 11.4. The molecule has 0 atom stereocenters. The first-order chi connectivity index (χ1) is 8.34. The highest BCUT2D eigenvalue weighted by atomic mass is 35.5. The lowest BCUT2D eigenvalue weighted by atomic mass is 10.0. The molecule has 2 N–H and O–H groups in total. The Morgan fingerprint density at radius 3 is 2.61 bits per heavy atom. The molecule has 0 spiro atoms. The first-order valence-corrected chi connectivity index (χ1v) is 6.53. The second kappa shape index (κ2) is 6.21. The van der Waals surface area contributed by atoms with Gasteiger partial charge in [-0.1, -0.05) is 24.6 Å². The summed E-state index contributed by atoms with van der Waals surface area (Å²) in [5, 5.41) is 6.69. The molecule has 0 radical (unpaired) electrons. The van der Waals surface area contributed by atoms with Crippen molar-refractivity contribution in [3.05, 3.63) is 28.8 Å². The Labute approximate surface area is 114 Å². The van der Waals surface area contributed by atoms with Crippen LogP contribution >= 0.6 is 11.6 Å².